The second-order valence-electron chi connectivity index (χ2n) is 3.71. The molecule has 0 fully saturated rings. The Morgan fingerprint density at radius 2 is 2.16 bits per heavy atom. The fraction of sp³-hybridized carbons (Fsp3) is 0.0769. The van der Waals surface area contributed by atoms with Gasteiger partial charge in [0.1, 0.15) is 11.5 Å². The number of benzene rings is 1. The Morgan fingerprint density at radius 1 is 1.37 bits per heavy atom. The first-order chi connectivity index (χ1) is 9.06. The predicted octanol–water partition coefficient (Wildman–Crippen LogP) is 3.97. The van der Waals surface area contributed by atoms with Crippen molar-refractivity contribution in [3.05, 3.63) is 58.1 Å². The second-order valence-corrected chi connectivity index (χ2v) is 5.67. The third kappa shape index (κ3) is 3.78. The van der Waals surface area contributed by atoms with Gasteiger partial charge in [-0.15, -0.1) is 11.8 Å². The van der Waals surface area contributed by atoms with Crippen molar-refractivity contribution in [3.8, 4) is 0 Å². The lowest BCUT2D eigenvalue weighted by atomic mass is 10.2. The van der Waals surface area contributed by atoms with Gasteiger partial charge in [-0.1, -0.05) is 22.0 Å². The molecule has 0 spiro atoms. The van der Waals surface area contributed by atoms with Gasteiger partial charge >= 0.3 is 5.97 Å². The Balaban J connectivity index is 2.10. The van der Waals surface area contributed by atoms with E-state index in [1.54, 1.807) is 18.2 Å². The average Bonchev–Trinajstić information content (AvgIpc) is 2.38. The van der Waals surface area contributed by atoms with Crippen LogP contribution < -0.4 is 0 Å². The average molecular weight is 342 g/mol. The van der Waals surface area contributed by atoms with Gasteiger partial charge in [0.15, 0.2) is 0 Å². The van der Waals surface area contributed by atoms with Crippen LogP contribution in [0.3, 0.4) is 0 Å². The molecule has 0 aliphatic carbocycles. The van der Waals surface area contributed by atoms with Crippen LogP contribution in [0.2, 0.25) is 0 Å². The van der Waals surface area contributed by atoms with Crippen LogP contribution >= 0.6 is 27.7 Å². The summed E-state index contributed by atoms with van der Waals surface area (Å²) in [6.45, 7) is 0. The van der Waals surface area contributed by atoms with E-state index in [0.717, 1.165) is 4.90 Å². The highest BCUT2D eigenvalue weighted by Gasteiger charge is 2.07. The number of pyridine rings is 1. The largest absolute Gasteiger partial charge is 0.477 e. The van der Waals surface area contributed by atoms with Crippen LogP contribution in [0.25, 0.3) is 0 Å². The highest BCUT2D eigenvalue weighted by atomic mass is 79.9. The quantitative estimate of drug-likeness (QED) is 0.854. The fourth-order valence-electron chi connectivity index (χ4n) is 1.42. The molecule has 1 heterocycles. The fourth-order valence-corrected chi connectivity index (χ4v) is 2.66. The zero-order chi connectivity index (χ0) is 13.8. The number of carboxylic acid groups (broad SMARTS) is 1. The summed E-state index contributed by atoms with van der Waals surface area (Å²) in [5, 5.41) is 8.83. The molecule has 0 atom stereocenters. The van der Waals surface area contributed by atoms with Crippen molar-refractivity contribution in [2.45, 2.75) is 10.6 Å². The summed E-state index contributed by atoms with van der Waals surface area (Å²) < 4.78 is 14.3. The molecule has 0 saturated carbocycles. The first kappa shape index (κ1) is 14.0. The van der Waals surface area contributed by atoms with Crippen LogP contribution in [0.5, 0.6) is 0 Å². The number of aromatic carboxylic acids is 1. The summed E-state index contributed by atoms with van der Waals surface area (Å²) in [7, 11) is 0. The number of carboxylic acids is 1. The van der Waals surface area contributed by atoms with Gasteiger partial charge in [0.2, 0.25) is 0 Å². The molecular formula is C13H9BrFNO2S. The van der Waals surface area contributed by atoms with Crippen LogP contribution in [-0.4, -0.2) is 16.1 Å². The standard InChI is InChI=1S/C13H9BrFNO2S/c14-9-2-1-8(11(15)5-9)7-19-10-3-4-16-12(6-10)13(17)18/h1-6H,7H2,(H,17,18). The monoisotopic (exact) mass is 341 g/mol. The Labute approximate surface area is 122 Å². The second kappa shape index (κ2) is 6.16. The van der Waals surface area contributed by atoms with E-state index in [-0.39, 0.29) is 11.5 Å². The first-order valence-electron chi connectivity index (χ1n) is 5.32. The number of hydrogen-bond donors (Lipinski definition) is 1. The summed E-state index contributed by atoms with van der Waals surface area (Å²) in [6.07, 6.45) is 1.43. The molecule has 3 nitrogen and oxygen atoms in total. The molecule has 2 rings (SSSR count). The highest BCUT2D eigenvalue weighted by molar-refractivity contribution is 9.10. The van der Waals surface area contributed by atoms with Gasteiger partial charge in [0.05, 0.1) is 0 Å². The van der Waals surface area contributed by atoms with Crippen molar-refractivity contribution in [3.63, 3.8) is 0 Å². The van der Waals surface area contributed by atoms with E-state index in [9.17, 15) is 9.18 Å². The van der Waals surface area contributed by atoms with Crippen LogP contribution in [0.1, 0.15) is 16.1 Å². The number of carbonyl (C=O) groups is 1. The number of aromatic nitrogens is 1. The van der Waals surface area contributed by atoms with Crippen molar-refractivity contribution in [1.29, 1.82) is 0 Å². The molecule has 98 valence electrons. The first-order valence-corrected chi connectivity index (χ1v) is 7.10. The van der Waals surface area contributed by atoms with E-state index < -0.39 is 5.97 Å². The summed E-state index contributed by atoms with van der Waals surface area (Å²) in [5.41, 5.74) is 0.558. The number of rotatable bonds is 4. The minimum atomic E-state index is -1.07. The molecule has 0 aliphatic rings. The molecular weight excluding hydrogens is 333 g/mol. The minimum Gasteiger partial charge on any atom is -0.477 e. The smallest absolute Gasteiger partial charge is 0.354 e. The normalized spacial score (nSPS) is 10.4. The minimum absolute atomic E-state index is 0.0127. The molecule has 0 bridgehead atoms. The lowest BCUT2D eigenvalue weighted by Gasteiger charge is -2.04. The van der Waals surface area contributed by atoms with E-state index >= 15 is 0 Å². The number of halogens is 2. The SMILES string of the molecule is O=C(O)c1cc(SCc2ccc(Br)cc2F)ccn1. The van der Waals surface area contributed by atoms with E-state index in [1.807, 2.05) is 0 Å². The summed E-state index contributed by atoms with van der Waals surface area (Å²) in [4.78, 5) is 15.3. The maximum atomic E-state index is 13.6. The maximum absolute atomic E-state index is 13.6. The van der Waals surface area contributed by atoms with Gasteiger partial charge in [-0.2, -0.15) is 0 Å². The van der Waals surface area contributed by atoms with Crippen LogP contribution in [0.15, 0.2) is 45.9 Å². The Bertz CT molecular complexity index is 621. The van der Waals surface area contributed by atoms with Crippen LogP contribution in [0, 0.1) is 5.82 Å². The van der Waals surface area contributed by atoms with Crippen molar-refractivity contribution >= 4 is 33.7 Å². The van der Waals surface area contributed by atoms with E-state index in [4.69, 9.17) is 5.11 Å². The number of thioether (sulfide) groups is 1. The molecule has 0 radical (unpaired) electrons. The zero-order valence-electron chi connectivity index (χ0n) is 9.64. The Hall–Kier alpha value is -1.40. The molecule has 0 unspecified atom stereocenters. The van der Waals surface area contributed by atoms with Gasteiger partial charge in [0, 0.05) is 21.3 Å². The predicted molar refractivity (Wildman–Crippen MR) is 74.9 cm³/mol. The summed E-state index contributed by atoms with van der Waals surface area (Å²) in [6, 6.07) is 8.06. The van der Waals surface area contributed by atoms with Gasteiger partial charge in [-0.3, -0.25) is 0 Å². The molecule has 6 heteroatoms. The molecule has 1 aromatic heterocycles. The van der Waals surface area contributed by atoms with Crippen molar-refractivity contribution < 1.29 is 14.3 Å². The maximum Gasteiger partial charge on any atom is 0.354 e. The van der Waals surface area contributed by atoms with Gasteiger partial charge in [0.25, 0.3) is 0 Å². The molecule has 0 aliphatic heterocycles. The Kier molecular flexibility index (Phi) is 4.55. The lowest BCUT2D eigenvalue weighted by Crippen LogP contribution is -1.99. The molecule has 2 aromatic rings. The Morgan fingerprint density at radius 3 is 2.84 bits per heavy atom. The molecule has 1 aromatic carbocycles. The molecule has 0 saturated heterocycles. The number of hydrogen-bond acceptors (Lipinski definition) is 3. The van der Waals surface area contributed by atoms with Gasteiger partial charge < -0.3 is 5.11 Å². The molecule has 1 N–H and O–H groups in total. The third-order valence-electron chi connectivity index (χ3n) is 2.36. The summed E-state index contributed by atoms with van der Waals surface area (Å²) in [5.74, 6) is -0.922. The van der Waals surface area contributed by atoms with Crippen LogP contribution in [-0.2, 0) is 5.75 Å². The van der Waals surface area contributed by atoms with Crippen LogP contribution in [0.4, 0.5) is 4.39 Å². The van der Waals surface area contributed by atoms with E-state index in [2.05, 4.69) is 20.9 Å². The highest BCUT2D eigenvalue weighted by Crippen LogP contribution is 2.25. The summed E-state index contributed by atoms with van der Waals surface area (Å²) >= 11 is 4.56. The van der Waals surface area contributed by atoms with Crippen molar-refractivity contribution in [1.82, 2.24) is 4.98 Å². The van der Waals surface area contributed by atoms with Gasteiger partial charge in [-0.25, -0.2) is 14.2 Å². The zero-order valence-corrected chi connectivity index (χ0v) is 12.0. The molecule has 19 heavy (non-hydrogen) atoms. The third-order valence-corrected chi connectivity index (χ3v) is 3.90. The number of nitrogens with zero attached hydrogens (tertiary/aromatic N) is 1. The van der Waals surface area contributed by atoms with Crippen molar-refractivity contribution in [2.75, 3.05) is 0 Å². The van der Waals surface area contributed by atoms with E-state index in [1.165, 1.54) is 30.1 Å². The van der Waals surface area contributed by atoms with E-state index in [0.29, 0.717) is 15.8 Å². The van der Waals surface area contributed by atoms with Gasteiger partial charge in [-0.05, 0) is 29.8 Å². The lowest BCUT2D eigenvalue weighted by molar-refractivity contribution is 0.0690. The van der Waals surface area contributed by atoms with Crippen molar-refractivity contribution in [2.24, 2.45) is 0 Å². The molecule has 0 amide bonds. The topological polar surface area (TPSA) is 50.2 Å².